The molecule has 2 aromatic rings. The molecule has 0 amide bonds. The smallest absolute Gasteiger partial charge is 0.106 e. The standard InChI is InChI=1S/C12H12N2O/c1-9-7-13-14-8-11(9)12(15)10-5-3-2-4-6-10/h2-8,12,15H,1H3. The van der Waals surface area contributed by atoms with Crippen molar-refractivity contribution in [2.75, 3.05) is 0 Å². The van der Waals surface area contributed by atoms with Crippen LogP contribution in [0.4, 0.5) is 0 Å². The van der Waals surface area contributed by atoms with Crippen LogP contribution in [0.2, 0.25) is 0 Å². The molecule has 1 atom stereocenters. The van der Waals surface area contributed by atoms with E-state index in [0.29, 0.717) is 0 Å². The van der Waals surface area contributed by atoms with Crippen molar-refractivity contribution in [3.63, 3.8) is 0 Å². The number of aryl methyl sites for hydroxylation is 1. The number of aromatic nitrogens is 2. The Morgan fingerprint density at radius 1 is 1.07 bits per heavy atom. The minimum absolute atomic E-state index is 0.623. The van der Waals surface area contributed by atoms with Gasteiger partial charge in [-0.05, 0) is 18.1 Å². The first kappa shape index (κ1) is 9.80. The van der Waals surface area contributed by atoms with E-state index in [9.17, 15) is 5.11 Å². The first-order chi connectivity index (χ1) is 7.29. The lowest BCUT2D eigenvalue weighted by Gasteiger charge is -2.12. The minimum atomic E-state index is -0.623. The Bertz CT molecular complexity index is 442. The second kappa shape index (κ2) is 4.19. The molecule has 0 aliphatic carbocycles. The van der Waals surface area contributed by atoms with Crippen molar-refractivity contribution in [1.29, 1.82) is 0 Å². The third kappa shape index (κ3) is 2.02. The largest absolute Gasteiger partial charge is 0.384 e. The normalized spacial score (nSPS) is 12.4. The van der Waals surface area contributed by atoms with Crippen molar-refractivity contribution in [1.82, 2.24) is 10.2 Å². The molecule has 0 aliphatic heterocycles. The molecule has 1 aromatic heterocycles. The summed E-state index contributed by atoms with van der Waals surface area (Å²) < 4.78 is 0. The summed E-state index contributed by atoms with van der Waals surface area (Å²) in [7, 11) is 0. The molecule has 0 bridgehead atoms. The van der Waals surface area contributed by atoms with Crippen LogP contribution in [0.3, 0.4) is 0 Å². The summed E-state index contributed by atoms with van der Waals surface area (Å²) in [5, 5.41) is 17.6. The quantitative estimate of drug-likeness (QED) is 0.804. The monoisotopic (exact) mass is 200 g/mol. The molecule has 15 heavy (non-hydrogen) atoms. The summed E-state index contributed by atoms with van der Waals surface area (Å²) in [4.78, 5) is 0. The zero-order valence-corrected chi connectivity index (χ0v) is 8.46. The van der Waals surface area contributed by atoms with E-state index in [4.69, 9.17) is 0 Å². The van der Waals surface area contributed by atoms with Crippen molar-refractivity contribution in [3.8, 4) is 0 Å². The van der Waals surface area contributed by atoms with Crippen LogP contribution in [-0.4, -0.2) is 15.3 Å². The molecule has 1 unspecified atom stereocenters. The number of nitrogens with zero attached hydrogens (tertiary/aromatic N) is 2. The van der Waals surface area contributed by atoms with E-state index >= 15 is 0 Å². The van der Waals surface area contributed by atoms with Gasteiger partial charge in [0, 0.05) is 5.56 Å². The summed E-state index contributed by atoms with van der Waals surface area (Å²) in [6.45, 7) is 1.91. The molecule has 76 valence electrons. The molecule has 1 heterocycles. The second-order valence-corrected chi connectivity index (χ2v) is 3.44. The molecule has 3 nitrogen and oxygen atoms in total. The summed E-state index contributed by atoms with van der Waals surface area (Å²) in [5.41, 5.74) is 2.62. The van der Waals surface area contributed by atoms with Crippen LogP contribution in [-0.2, 0) is 0 Å². The number of aliphatic hydroxyl groups excluding tert-OH is 1. The van der Waals surface area contributed by atoms with E-state index in [2.05, 4.69) is 10.2 Å². The Labute approximate surface area is 88.4 Å². The summed E-state index contributed by atoms with van der Waals surface area (Å²) in [6, 6.07) is 9.52. The van der Waals surface area contributed by atoms with Crippen LogP contribution in [0.5, 0.6) is 0 Å². The summed E-state index contributed by atoms with van der Waals surface area (Å²) in [5.74, 6) is 0. The molecule has 0 spiro atoms. The maximum atomic E-state index is 10.1. The molecule has 3 heteroatoms. The first-order valence-corrected chi connectivity index (χ1v) is 4.79. The van der Waals surface area contributed by atoms with Crippen LogP contribution in [0, 0.1) is 6.92 Å². The van der Waals surface area contributed by atoms with Crippen molar-refractivity contribution in [2.45, 2.75) is 13.0 Å². The van der Waals surface area contributed by atoms with Crippen LogP contribution in [0.25, 0.3) is 0 Å². The predicted octanol–water partition coefficient (Wildman–Crippen LogP) is 1.87. The molecule has 2 rings (SSSR count). The molecular formula is C12H12N2O. The fourth-order valence-electron chi connectivity index (χ4n) is 1.49. The number of aliphatic hydroxyl groups is 1. The van der Waals surface area contributed by atoms with Gasteiger partial charge in [-0.2, -0.15) is 10.2 Å². The Hall–Kier alpha value is -1.74. The van der Waals surface area contributed by atoms with E-state index in [0.717, 1.165) is 16.7 Å². The third-order valence-electron chi connectivity index (χ3n) is 2.38. The van der Waals surface area contributed by atoms with Gasteiger partial charge < -0.3 is 5.11 Å². The molecule has 0 fully saturated rings. The third-order valence-corrected chi connectivity index (χ3v) is 2.38. The van der Waals surface area contributed by atoms with Gasteiger partial charge in [-0.3, -0.25) is 0 Å². The van der Waals surface area contributed by atoms with E-state index in [1.54, 1.807) is 12.4 Å². The Kier molecular flexibility index (Phi) is 2.74. The second-order valence-electron chi connectivity index (χ2n) is 3.44. The van der Waals surface area contributed by atoms with Gasteiger partial charge in [0.2, 0.25) is 0 Å². The van der Waals surface area contributed by atoms with E-state index < -0.39 is 6.10 Å². The Balaban J connectivity index is 2.37. The number of hydrogen-bond donors (Lipinski definition) is 1. The van der Waals surface area contributed by atoms with E-state index in [-0.39, 0.29) is 0 Å². The van der Waals surface area contributed by atoms with Gasteiger partial charge in [-0.1, -0.05) is 30.3 Å². The molecular weight excluding hydrogens is 188 g/mol. The highest BCUT2D eigenvalue weighted by Crippen LogP contribution is 2.22. The van der Waals surface area contributed by atoms with E-state index in [1.807, 2.05) is 37.3 Å². The molecule has 1 aromatic carbocycles. The summed E-state index contributed by atoms with van der Waals surface area (Å²) >= 11 is 0. The topological polar surface area (TPSA) is 46.0 Å². The van der Waals surface area contributed by atoms with Crippen LogP contribution >= 0.6 is 0 Å². The zero-order valence-electron chi connectivity index (χ0n) is 8.46. The van der Waals surface area contributed by atoms with Crippen molar-refractivity contribution >= 4 is 0 Å². The van der Waals surface area contributed by atoms with E-state index in [1.165, 1.54) is 0 Å². The summed E-state index contributed by atoms with van der Waals surface area (Å²) in [6.07, 6.45) is 2.63. The van der Waals surface area contributed by atoms with Crippen molar-refractivity contribution in [3.05, 3.63) is 59.4 Å². The van der Waals surface area contributed by atoms with Gasteiger partial charge in [0.05, 0.1) is 12.4 Å². The van der Waals surface area contributed by atoms with Crippen molar-refractivity contribution in [2.24, 2.45) is 0 Å². The average molecular weight is 200 g/mol. The molecule has 0 saturated carbocycles. The lowest BCUT2D eigenvalue weighted by atomic mass is 10.0. The fraction of sp³-hybridized carbons (Fsp3) is 0.167. The molecule has 0 saturated heterocycles. The zero-order chi connectivity index (χ0) is 10.7. The van der Waals surface area contributed by atoms with Crippen molar-refractivity contribution < 1.29 is 5.11 Å². The van der Waals surface area contributed by atoms with Gasteiger partial charge in [0.15, 0.2) is 0 Å². The first-order valence-electron chi connectivity index (χ1n) is 4.79. The Morgan fingerprint density at radius 3 is 2.40 bits per heavy atom. The lowest BCUT2D eigenvalue weighted by Crippen LogP contribution is -2.03. The Morgan fingerprint density at radius 2 is 1.73 bits per heavy atom. The highest BCUT2D eigenvalue weighted by molar-refractivity contribution is 5.31. The highest BCUT2D eigenvalue weighted by Gasteiger charge is 2.12. The number of rotatable bonds is 2. The molecule has 0 radical (unpaired) electrons. The maximum absolute atomic E-state index is 10.1. The van der Waals surface area contributed by atoms with Gasteiger partial charge in [0.1, 0.15) is 6.10 Å². The van der Waals surface area contributed by atoms with Crippen LogP contribution < -0.4 is 0 Å². The lowest BCUT2D eigenvalue weighted by molar-refractivity contribution is 0.219. The van der Waals surface area contributed by atoms with Gasteiger partial charge in [-0.25, -0.2) is 0 Å². The maximum Gasteiger partial charge on any atom is 0.106 e. The van der Waals surface area contributed by atoms with Gasteiger partial charge in [0.25, 0.3) is 0 Å². The average Bonchev–Trinajstić information content (AvgIpc) is 2.30. The van der Waals surface area contributed by atoms with Crippen LogP contribution in [0.1, 0.15) is 22.8 Å². The SMILES string of the molecule is Cc1cnncc1C(O)c1ccccc1. The highest BCUT2D eigenvalue weighted by atomic mass is 16.3. The van der Waals surface area contributed by atoms with Crippen LogP contribution in [0.15, 0.2) is 42.7 Å². The predicted molar refractivity (Wildman–Crippen MR) is 57.3 cm³/mol. The number of benzene rings is 1. The van der Waals surface area contributed by atoms with Gasteiger partial charge in [-0.15, -0.1) is 0 Å². The molecule has 0 aliphatic rings. The minimum Gasteiger partial charge on any atom is -0.384 e. The fourth-order valence-corrected chi connectivity index (χ4v) is 1.49. The number of hydrogen-bond acceptors (Lipinski definition) is 3. The molecule has 1 N–H and O–H groups in total. The van der Waals surface area contributed by atoms with Gasteiger partial charge >= 0.3 is 0 Å².